The molecule has 1 heterocycles. The molecule has 0 radical (unpaired) electrons. The van der Waals surface area contributed by atoms with Crippen LogP contribution in [0, 0.1) is 13.8 Å². The molecule has 5 nitrogen and oxygen atoms in total. The number of rotatable bonds is 7. The van der Waals surface area contributed by atoms with Gasteiger partial charge in [-0.2, -0.15) is 0 Å². The first kappa shape index (κ1) is 21.5. The number of benzene rings is 2. The Labute approximate surface area is 174 Å². The lowest BCUT2D eigenvalue weighted by Crippen LogP contribution is -2.44. The van der Waals surface area contributed by atoms with Gasteiger partial charge in [-0.1, -0.05) is 42.0 Å². The van der Waals surface area contributed by atoms with E-state index in [2.05, 4.69) is 41.4 Å². The number of nitrogens with one attached hydrogen (secondary N) is 1. The molecule has 1 fully saturated rings. The molecule has 29 heavy (non-hydrogen) atoms. The lowest BCUT2D eigenvalue weighted by Gasteiger charge is -2.32. The van der Waals surface area contributed by atoms with Gasteiger partial charge in [0.05, 0.1) is 10.6 Å². The van der Waals surface area contributed by atoms with Gasteiger partial charge in [0.15, 0.2) is 9.84 Å². The van der Waals surface area contributed by atoms with Crippen molar-refractivity contribution in [3.05, 3.63) is 65.2 Å². The molecule has 0 aromatic heterocycles. The Morgan fingerprint density at radius 3 is 2.34 bits per heavy atom. The van der Waals surface area contributed by atoms with Gasteiger partial charge in [-0.05, 0) is 49.9 Å². The minimum absolute atomic E-state index is 0.000363. The number of carbonyl (C=O) groups excluding carboxylic acids is 1. The Morgan fingerprint density at radius 2 is 1.69 bits per heavy atom. The van der Waals surface area contributed by atoms with Crippen LogP contribution in [-0.2, 0) is 21.2 Å². The van der Waals surface area contributed by atoms with E-state index in [0.29, 0.717) is 0 Å². The van der Waals surface area contributed by atoms with Crippen molar-refractivity contribution in [2.45, 2.75) is 50.6 Å². The van der Waals surface area contributed by atoms with Crippen LogP contribution < -0.4 is 5.32 Å². The summed E-state index contributed by atoms with van der Waals surface area (Å²) >= 11 is 0. The van der Waals surface area contributed by atoms with E-state index < -0.39 is 9.84 Å². The molecule has 0 atom stereocenters. The van der Waals surface area contributed by atoms with Crippen LogP contribution in [-0.4, -0.2) is 44.1 Å². The van der Waals surface area contributed by atoms with Crippen LogP contribution in [0.3, 0.4) is 0 Å². The van der Waals surface area contributed by atoms with Crippen LogP contribution in [0.15, 0.2) is 53.4 Å². The summed E-state index contributed by atoms with van der Waals surface area (Å²) in [7, 11) is -3.43. The number of hydrogen-bond donors (Lipinski definition) is 1. The average Bonchev–Trinajstić information content (AvgIpc) is 2.70. The van der Waals surface area contributed by atoms with Crippen LogP contribution in [0.4, 0.5) is 0 Å². The number of sulfone groups is 1. The molecule has 156 valence electrons. The topological polar surface area (TPSA) is 66.5 Å². The van der Waals surface area contributed by atoms with Crippen molar-refractivity contribution in [3.63, 3.8) is 0 Å². The van der Waals surface area contributed by atoms with E-state index in [4.69, 9.17) is 0 Å². The van der Waals surface area contributed by atoms with Crippen LogP contribution in [0.2, 0.25) is 0 Å². The van der Waals surface area contributed by atoms with Crippen molar-refractivity contribution in [2.24, 2.45) is 0 Å². The summed E-state index contributed by atoms with van der Waals surface area (Å²) in [5, 5.41) is 3.02. The highest BCUT2D eigenvalue weighted by Crippen LogP contribution is 2.17. The molecule has 1 saturated heterocycles. The number of carbonyl (C=O) groups is 1. The van der Waals surface area contributed by atoms with Gasteiger partial charge >= 0.3 is 0 Å². The van der Waals surface area contributed by atoms with Gasteiger partial charge in [0.1, 0.15) is 0 Å². The second kappa shape index (κ2) is 9.55. The van der Waals surface area contributed by atoms with Crippen molar-refractivity contribution >= 4 is 15.7 Å². The van der Waals surface area contributed by atoms with Gasteiger partial charge in [-0.3, -0.25) is 9.69 Å². The molecule has 6 heteroatoms. The maximum Gasteiger partial charge on any atom is 0.221 e. The van der Waals surface area contributed by atoms with Crippen molar-refractivity contribution in [1.82, 2.24) is 10.2 Å². The normalized spacial score (nSPS) is 15.9. The summed E-state index contributed by atoms with van der Waals surface area (Å²) in [5.41, 5.74) is 3.66. The van der Waals surface area contributed by atoms with Crippen LogP contribution in [0.25, 0.3) is 0 Å². The first-order chi connectivity index (χ1) is 13.8. The van der Waals surface area contributed by atoms with Gasteiger partial charge in [0.2, 0.25) is 5.91 Å². The molecule has 3 rings (SSSR count). The smallest absolute Gasteiger partial charge is 0.221 e. The number of piperidine rings is 1. The molecule has 1 aliphatic rings. The third kappa shape index (κ3) is 6.15. The van der Waals surface area contributed by atoms with E-state index in [1.165, 1.54) is 11.1 Å². The molecule has 2 aromatic carbocycles. The predicted molar refractivity (Wildman–Crippen MR) is 115 cm³/mol. The van der Waals surface area contributed by atoms with Crippen molar-refractivity contribution in [1.29, 1.82) is 0 Å². The largest absolute Gasteiger partial charge is 0.353 e. The highest BCUT2D eigenvalue weighted by atomic mass is 32.2. The Balaban J connectivity index is 1.43. The zero-order valence-electron chi connectivity index (χ0n) is 17.2. The fourth-order valence-electron chi connectivity index (χ4n) is 3.65. The summed E-state index contributed by atoms with van der Waals surface area (Å²) in [6.45, 7) is 6.84. The summed E-state index contributed by atoms with van der Waals surface area (Å²) in [4.78, 5) is 15.0. The molecule has 2 aromatic rings. The highest BCUT2D eigenvalue weighted by molar-refractivity contribution is 7.91. The maximum atomic E-state index is 12.4. The molecular weight excluding hydrogens is 384 g/mol. The summed E-state index contributed by atoms with van der Waals surface area (Å²) in [6, 6.07) is 15.3. The number of amides is 1. The van der Waals surface area contributed by atoms with Gasteiger partial charge < -0.3 is 5.32 Å². The fourth-order valence-corrected chi connectivity index (χ4v) is 4.89. The number of hydrogen-bond acceptors (Lipinski definition) is 4. The second-order valence-electron chi connectivity index (χ2n) is 7.93. The zero-order chi connectivity index (χ0) is 20.9. The lowest BCUT2D eigenvalue weighted by atomic mass is 10.0. The average molecular weight is 415 g/mol. The first-order valence-corrected chi connectivity index (χ1v) is 11.8. The van der Waals surface area contributed by atoms with E-state index in [0.717, 1.165) is 38.0 Å². The van der Waals surface area contributed by atoms with E-state index in [-0.39, 0.29) is 29.0 Å². The Kier molecular flexibility index (Phi) is 7.09. The molecule has 1 amide bonds. The molecular formula is C23H30N2O3S. The minimum atomic E-state index is -3.43. The highest BCUT2D eigenvalue weighted by Gasteiger charge is 2.22. The summed E-state index contributed by atoms with van der Waals surface area (Å²) in [6.07, 6.45) is 1.78. The first-order valence-electron chi connectivity index (χ1n) is 10.2. The van der Waals surface area contributed by atoms with E-state index in [1.807, 2.05) is 6.92 Å². The zero-order valence-corrected chi connectivity index (χ0v) is 18.0. The summed E-state index contributed by atoms with van der Waals surface area (Å²) in [5.74, 6) is -0.341. The minimum Gasteiger partial charge on any atom is -0.353 e. The fraction of sp³-hybridized carbons (Fsp3) is 0.435. The quantitative estimate of drug-likeness (QED) is 0.755. The van der Waals surface area contributed by atoms with E-state index >= 15 is 0 Å². The van der Waals surface area contributed by atoms with Gasteiger partial charge in [-0.15, -0.1) is 0 Å². The Morgan fingerprint density at radius 1 is 1.03 bits per heavy atom. The maximum absolute atomic E-state index is 12.4. The van der Waals surface area contributed by atoms with Crippen molar-refractivity contribution in [2.75, 3.05) is 18.8 Å². The molecule has 1 N–H and O–H groups in total. The number of nitrogens with zero attached hydrogens (tertiary/aromatic N) is 1. The Bertz CT molecular complexity index is 931. The predicted octanol–water partition coefficient (Wildman–Crippen LogP) is 3.25. The molecule has 0 unspecified atom stereocenters. The molecule has 0 spiro atoms. The van der Waals surface area contributed by atoms with Gasteiger partial charge in [-0.25, -0.2) is 8.42 Å². The number of likely N-dealkylation sites (tertiary alicyclic amines) is 1. The van der Waals surface area contributed by atoms with Crippen LogP contribution in [0.5, 0.6) is 0 Å². The SMILES string of the molecule is Cc1ccc(S(=O)(=O)CCC(=O)NC2CCN(Cc3ccccc3C)CC2)cc1. The van der Waals surface area contributed by atoms with Crippen LogP contribution in [0.1, 0.15) is 36.0 Å². The molecule has 0 saturated carbocycles. The standard InChI is InChI=1S/C23H30N2O3S/c1-18-7-9-22(10-8-18)29(27,28)16-13-23(26)24-21-11-14-25(15-12-21)17-20-6-4-3-5-19(20)2/h3-10,21H,11-17H2,1-2H3,(H,24,26). The Hall–Kier alpha value is -2.18. The third-order valence-corrected chi connectivity index (χ3v) is 7.32. The number of aryl methyl sites for hydroxylation is 2. The second-order valence-corrected chi connectivity index (χ2v) is 10.0. The van der Waals surface area contributed by atoms with Gasteiger partial charge in [0.25, 0.3) is 0 Å². The summed E-state index contributed by atoms with van der Waals surface area (Å²) < 4.78 is 24.8. The lowest BCUT2D eigenvalue weighted by molar-refractivity contribution is -0.121. The van der Waals surface area contributed by atoms with E-state index in [1.54, 1.807) is 24.3 Å². The van der Waals surface area contributed by atoms with Gasteiger partial charge in [0, 0.05) is 32.1 Å². The van der Waals surface area contributed by atoms with Crippen molar-refractivity contribution < 1.29 is 13.2 Å². The van der Waals surface area contributed by atoms with Crippen LogP contribution >= 0.6 is 0 Å². The molecule has 0 aliphatic carbocycles. The molecule has 1 aliphatic heterocycles. The molecule has 0 bridgehead atoms. The third-order valence-electron chi connectivity index (χ3n) is 5.59. The monoisotopic (exact) mass is 414 g/mol. The van der Waals surface area contributed by atoms with E-state index in [9.17, 15) is 13.2 Å². The van der Waals surface area contributed by atoms with Crippen molar-refractivity contribution in [3.8, 4) is 0 Å².